The first-order chi connectivity index (χ1) is 10.5. The Morgan fingerprint density at radius 2 is 2.09 bits per heavy atom. The lowest BCUT2D eigenvalue weighted by Crippen LogP contribution is -2.31. The van der Waals surface area contributed by atoms with E-state index in [1.165, 1.54) is 12.1 Å². The molecule has 0 fully saturated rings. The first-order valence-corrected chi connectivity index (χ1v) is 7.62. The summed E-state index contributed by atoms with van der Waals surface area (Å²) in [5, 5.41) is 10.4. The third-order valence-corrected chi connectivity index (χ3v) is 4.40. The van der Waals surface area contributed by atoms with E-state index in [1.54, 1.807) is 0 Å². The number of carbonyl (C=O) groups excluding carboxylic acids is 1. The summed E-state index contributed by atoms with van der Waals surface area (Å²) in [6, 6.07) is 3.63. The predicted molar refractivity (Wildman–Crippen MR) is 81.0 cm³/mol. The van der Waals surface area contributed by atoms with Gasteiger partial charge in [-0.2, -0.15) is 4.73 Å². The van der Waals surface area contributed by atoms with Crippen molar-refractivity contribution in [2.24, 2.45) is 5.92 Å². The van der Waals surface area contributed by atoms with Crippen LogP contribution in [0.25, 0.3) is 10.9 Å². The fourth-order valence-electron chi connectivity index (χ4n) is 3.27. The number of benzene rings is 1. The van der Waals surface area contributed by atoms with Crippen molar-refractivity contribution in [3.8, 4) is 0 Å². The summed E-state index contributed by atoms with van der Waals surface area (Å²) in [5.41, 5.74) is 0.151. The van der Waals surface area contributed by atoms with E-state index >= 15 is 0 Å². The molecule has 22 heavy (non-hydrogen) atoms. The van der Waals surface area contributed by atoms with Crippen molar-refractivity contribution in [3.63, 3.8) is 0 Å². The number of nitrogens with zero attached hydrogens (tertiary/aromatic N) is 1. The van der Waals surface area contributed by atoms with Crippen LogP contribution in [-0.4, -0.2) is 15.7 Å². The Kier molecular flexibility index (Phi) is 3.72. The minimum absolute atomic E-state index is 0.0216. The molecule has 1 aliphatic carbocycles. The van der Waals surface area contributed by atoms with Crippen molar-refractivity contribution < 1.29 is 14.4 Å². The van der Waals surface area contributed by atoms with Crippen LogP contribution in [0.1, 0.15) is 48.7 Å². The number of rotatable bonds is 3. The summed E-state index contributed by atoms with van der Waals surface area (Å²) in [4.78, 5) is 24.8. The van der Waals surface area contributed by atoms with Gasteiger partial charge in [-0.1, -0.05) is 19.8 Å². The Bertz CT molecular complexity index is 810. The maximum atomic E-state index is 13.4. The highest BCUT2D eigenvalue weighted by Crippen LogP contribution is 2.29. The molecule has 0 spiro atoms. The minimum Gasteiger partial charge on any atom is -0.428 e. The molecule has 0 amide bonds. The van der Waals surface area contributed by atoms with Gasteiger partial charge in [0.15, 0.2) is 5.78 Å². The molecule has 1 N–H and O–H groups in total. The van der Waals surface area contributed by atoms with E-state index in [1.807, 2.05) is 0 Å². The molecule has 1 unspecified atom stereocenters. The molecule has 0 radical (unpaired) electrons. The largest absolute Gasteiger partial charge is 0.428 e. The number of pyridine rings is 1. The Balaban J connectivity index is 2.18. The van der Waals surface area contributed by atoms with E-state index in [4.69, 9.17) is 0 Å². The lowest BCUT2D eigenvalue weighted by Gasteiger charge is -2.25. The van der Waals surface area contributed by atoms with Crippen LogP contribution in [0.3, 0.4) is 0 Å². The van der Waals surface area contributed by atoms with Crippen LogP contribution in [0.15, 0.2) is 23.0 Å². The fourth-order valence-corrected chi connectivity index (χ4v) is 3.27. The maximum Gasteiger partial charge on any atom is 0.200 e. The van der Waals surface area contributed by atoms with Gasteiger partial charge < -0.3 is 5.21 Å². The number of carbonyl (C=O) groups is 1. The minimum atomic E-state index is -0.561. The molecule has 5 heteroatoms. The van der Waals surface area contributed by atoms with E-state index in [9.17, 15) is 19.2 Å². The molecule has 0 saturated heterocycles. The third-order valence-electron chi connectivity index (χ3n) is 4.40. The Labute approximate surface area is 127 Å². The molecule has 3 rings (SSSR count). The Morgan fingerprint density at radius 1 is 1.32 bits per heavy atom. The molecule has 1 aromatic heterocycles. The summed E-state index contributed by atoms with van der Waals surface area (Å²) in [6.07, 6.45) is 3.78. The van der Waals surface area contributed by atoms with Crippen LogP contribution >= 0.6 is 0 Å². The maximum absolute atomic E-state index is 13.4. The molecule has 0 saturated carbocycles. The lowest BCUT2D eigenvalue weighted by atomic mass is 9.82. The highest BCUT2D eigenvalue weighted by molar-refractivity contribution is 6.01. The number of unbranched alkanes of at least 4 members (excludes halogenated alkanes) is 1. The normalized spacial score (nSPS) is 17.7. The van der Waals surface area contributed by atoms with Crippen LogP contribution in [0.5, 0.6) is 0 Å². The zero-order valence-corrected chi connectivity index (χ0v) is 12.4. The topological polar surface area (TPSA) is 59.3 Å². The first-order valence-electron chi connectivity index (χ1n) is 7.62. The number of hydrogen-bond acceptors (Lipinski definition) is 3. The van der Waals surface area contributed by atoms with Crippen LogP contribution in [0.4, 0.5) is 4.39 Å². The second-order valence-corrected chi connectivity index (χ2v) is 5.96. The summed E-state index contributed by atoms with van der Waals surface area (Å²) in [6.45, 7) is 2.09. The van der Waals surface area contributed by atoms with Gasteiger partial charge in [-0.05, 0) is 37.0 Å². The summed E-state index contributed by atoms with van der Waals surface area (Å²) in [7, 11) is 0. The molecule has 1 aliphatic rings. The molecular formula is C17H18FNO3. The number of fused-ring (bicyclic) bond motifs is 2. The van der Waals surface area contributed by atoms with Crippen molar-refractivity contribution >= 4 is 16.7 Å². The number of aromatic nitrogens is 1. The Morgan fingerprint density at radius 3 is 2.82 bits per heavy atom. The monoisotopic (exact) mass is 303 g/mol. The third kappa shape index (κ3) is 2.30. The van der Waals surface area contributed by atoms with Crippen molar-refractivity contribution in [1.29, 1.82) is 0 Å². The molecular weight excluding hydrogens is 285 g/mol. The van der Waals surface area contributed by atoms with E-state index in [2.05, 4.69) is 6.92 Å². The number of halogens is 1. The standard InChI is InChI=1S/C17H18FNO3/c1-2-3-4-10-7-14-16(15(20)8-10)17(21)12-9-11(18)5-6-13(12)19(14)22/h5-6,9-10,22H,2-4,7-8H2,1H3. The zero-order valence-electron chi connectivity index (χ0n) is 12.4. The number of Topliss-reactive ketones (excluding diaryl/α,β-unsaturated/α-hetero) is 1. The van der Waals surface area contributed by atoms with Crippen molar-refractivity contribution in [3.05, 3.63) is 45.5 Å². The van der Waals surface area contributed by atoms with Gasteiger partial charge in [0.25, 0.3) is 0 Å². The van der Waals surface area contributed by atoms with Gasteiger partial charge >= 0.3 is 0 Å². The van der Waals surface area contributed by atoms with Crippen molar-refractivity contribution in [1.82, 2.24) is 4.73 Å². The van der Waals surface area contributed by atoms with Gasteiger partial charge in [-0.15, -0.1) is 0 Å². The first kappa shape index (κ1) is 14.8. The van der Waals surface area contributed by atoms with E-state index < -0.39 is 11.2 Å². The second kappa shape index (κ2) is 5.55. The van der Waals surface area contributed by atoms with Crippen LogP contribution < -0.4 is 5.43 Å². The molecule has 1 heterocycles. The smallest absolute Gasteiger partial charge is 0.200 e. The molecule has 1 aromatic carbocycles. The van der Waals surface area contributed by atoms with Gasteiger partial charge in [0.2, 0.25) is 5.43 Å². The summed E-state index contributed by atoms with van der Waals surface area (Å²) in [5.74, 6) is -0.661. The quantitative estimate of drug-likeness (QED) is 0.885. The van der Waals surface area contributed by atoms with Crippen LogP contribution in [0.2, 0.25) is 0 Å². The van der Waals surface area contributed by atoms with Gasteiger partial charge in [-0.25, -0.2) is 4.39 Å². The van der Waals surface area contributed by atoms with Gasteiger partial charge in [0.05, 0.1) is 22.2 Å². The molecule has 4 nitrogen and oxygen atoms in total. The second-order valence-electron chi connectivity index (χ2n) is 5.96. The molecule has 2 aromatic rings. The van der Waals surface area contributed by atoms with E-state index in [0.29, 0.717) is 18.5 Å². The molecule has 116 valence electrons. The summed E-state index contributed by atoms with van der Waals surface area (Å²) < 4.78 is 14.3. The van der Waals surface area contributed by atoms with Crippen molar-refractivity contribution in [2.45, 2.75) is 39.0 Å². The molecule has 0 bridgehead atoms. The fraction of sp³-hybridized carbons (Fsp3) is 0.412. The average Bonchev–Trinajstić information content (AvgIpc) is 2.50. The SMILES string of the molecule is CCCCC1CC(=O)c2c(n(O)c3ccc(F)cc3c2=O)C1. The highest BCUT2D eigenvalue weighted by atomic mass is 19.1. The highest BCUT2D eigenvalue weighted by Gasteiger charge is 2.31. The zero-order chi connectivity index (χ0) is 15.9. The average molecular weight is 303 g/mol. The van der Waals surface area contributed by atoms with Gasteiger partial charge in [0, 0.05) is 6.42 Å². The number of ketones is 1. The molecule has 0 aliphatic heterocycles. The van der Waals surface area contributed by atoms with E-state index in [-0.39, 0.29) is 28.2 Å². The summed E-state index contributed by atoms with van der Waals surface area (Å²) >= 11 is 0. The van der Waals surface area contributed by atoms with E-state index in [0.717, 1.165) is 30.1 Å². The lowest BCUT2D eigenvalue weighted by molar-refractivity contribution is 0.0926. The Hall–Kier alpha value is -2.17. The van der Waals surface area contributed by atoms with Gasteiger partial charge in [0.1, 0.15) is 5.82 Å². The van der Waals surface area contributed by atoms with Crippen LogP contribution in [0, 0.1) is 11.7 Å². The van der Waals surface area contributed by atoms with Gasteiger partial charge in [-0.3, -0.25) is 9.59 Å². The molecule has 1 atom stereocenters. The predicted octanol–water partition coefficient (Wildman–Crippen LogP) is 3.31. The van der Waals surface area contributed by atoms with Crippen LogP contribution in [-0.2, 0) is 6.42 Å². The number of hydrogen-bond donors (Lipinski definition) is 1. The van der Waals surface area contributed by atoms with Crippen molar-refractivity contribution in [2.75, 3.05) is 0 Å².